The number of anilines is 2. The van der Waals surface area contributed by atoms with Gasteiger partial charge in [-0.1, -0.05) is 190 Å². The molecule has 0 aromatic heterocycles. The first-order valence-electron chi connectivity index (χ1n) is 20.3. The summed E-state index contributed by atoms with van der Waals surface area (Å²) in [5.74, 6) is 0. The highest BCUT2D eigenvalue weighted by Crippen LogP contribution is 2.57. The molecule has 1 heteroatoms. The predicted molar refractivity (Wildman–Crippen MR) is 246 cm³/mol. The van der Waals surface area contributed by atoms with Crippen LogP contribution < -0.4 is 4.90 Å². The number of hydrogen-bond donors (Lipinski definition) is 0. The van der Waals surface area contributed by atoms with Gasteiger partial charge < -0.3 is 4.90 Å². The second-order valence-corrected chi connectivity index (χ2v) is 16.2. The van der Waals surface area contributed by atoms with E-state index in [1.807, 2.05) is 0 Å². The monoisotopic (exact) mass is 743 g/mol. The molecular weight excluding hydrogens is 699 g/mol. The third-order valence-electron chi connectivity index (χ3n) is 12.7. The molecule has 0 saturated carbocycles. The largest absolute Gasteiger partial charge is 0.314 e. The molecule has 0 radical (unpaired) electrons. The van der Waals surface area contributed by atoms with E-state index in [2.05, 4.69) is 239 Å². The Bertz CT molecular complexity index is 2890. The summed E-state index contributed by atoms with van der Waals surface area (Å²) >= 11 is 0. The molecule has 0 amide bonds. The Labute approximate surface area is 342 Å². The molecule has 0 spiro atoms. The smallest absolute Gasteiger partial charge is 0.0714 e. The third kappa shape index (κ3) is 5.45. The zero-order chi connectivity index (χ0) is 39.4. The van der Waals surface area contributed by atoms with Gasteiger partial charge in [-0.05, 0) is 121 Å². The molecule has 8 aromatic carbocycles. The first-order chi connectivity index (χ1) is 28.4. The summed E-state index contributed by atoms with van der Waals surface area (Å²) in [6.45, 7) is 11.5. The summed E-state index contributed by atoms with van der Waals surface area (Å²) in [6.07, 6.45) is 4.53. The quantitative estimate of drug-likeness (QED) is 0.150. The van der Waals surface area contributed by atoms with Gasteiger partial charge in [-0.2, -0.15) is 0 Å². The van der Waals surface area contributed by atoms with Crippen LogP contribution >= 0.6 is 0 Å². The topological polar surface area (TPSA) is 3.24 Å². The van der Waals surface area contributed by atoms with Crippen molar-refractivity contribution in [3.8, 4) is 22.3 Å². The lowest BCUT2D eigenvalue weighted by molar-refractivity contribution is 0.660. The van der Waals surface area contributed by atoms with E-state index in [4.69, 9.17) is 0 Å². The van der Waals surface area contributed by atoms with Gasteiger partial charge in [0.05, 0.1) is 5.41 Å². The number of nitrogens with zero attached hydrogens (tertiary/aromatic N) is 1. The second kappa shape index (κ2) is 13.9. The fraction of sp³-hybridized carbons (Fsp3) is 0.0877. The Hall–Kier alpha value is -6.96. The van der Waals surface area contributed by atoms with Crippen molar-refractivity contribution in [3.63, 3.8) is 0 Å². The van der Waals surface area contributed by atoms with Gasteiger partial charge in [0.15, 0.2) is 0 Å². The van der Waals surface area contributed by atoms with Crippen LogP contribution in [0.2, 0.25) is 0 Å². The normalized spacial score (nSPS) is 14.8. The lowest BCUT2D eigenvalue weighted by Crippen LogP contribution is -2.30. The van der Waals surface area contributed by atoms with E-state index in [1.165, 1.54) is 72.0 Å². The standard InChI is InChI=1S/C57H45N/c1-5-48-51-37-43(40-19-9-6-10-20-40)30-34-53(51)57(44-23-11-7-12-24-44,45-25-13-8-14-26-45)55(48)35-39(2)58(46-31-29-41-21-15-16-22-42(41)36-46)47-32-33-50-49-27-17-18-28-52(49)56(3,4)54(50)38-47/h5-38H,1H2,2-4H3/b39-35+. The average Bonchev–Trinajstić information content (AvgIpc) is 3.68. The minimum absolute atomic E-state index is 0.132. The molecule has 1 nitrogen and oxygen atoms in total. The van der Waals surface area contributed by atoms with Gasteiger partial charge in [-0.25, -0.2) is 0 Å². The van der Waals surface area contributed by atoms with Crippen molar-refractivity contribution in [1.82, 2.24) is 0 Å². The summed E-state index contributed by atoms with van der Waals surface area (Å²) in [7, 11) is 0. The molecule has 10 rings (SSSR count). The molecule has 58 heavy (non-hydrogen) atoms. The molecule has 8 aromatic rings. The Morgan fingerprint density at radius 2 is 1.07 bits per heavy atom. The van der Waals surface area contributed by atoms with E-state index >= 15 is 0 Å². The lowest BCUT2D eigenvalue weighted by atomic mass is 9.66. The summed E-state index contributed by atoms with van der Waals surface area (Å²) in [5.41, 5.74) is 17.6. The van der Waals surface area contributed by atoms with Gasteiger partial charge in [0.25, 0.3) is 0 Å². The Kier molecular flexibility index (Phi) is 8.50. The Balaban J connectivity index is 1.24. The minimum atomic E-state index is -0.603. The van der Waals surface area contributed by atoms with Crippen LogP contribution in [0.5, 0.6) is 0 Å². The fourth-order valence-corrected chi connectivity index (χ4v) is 9.94. The van der Waals surface area contributed by atoms with Crippen molar-refractivity contribution in [2.24, 2.45) is 0 Å². The Morgan fingerprint density at radius 1 is 0.483 bits per heavy atom. The van der Waals surface area contributed by atoms with Gasteiger partial charge in [-0.3, -0.25) is 0 Å². The second-order valence-electron chi connectivity index (χ2n) is 16.2. The van der Waals surface area contributed by atoms with E-state index in [0.29, 0.717) is 0 Å². The SMILES string of the molecule is C=CC1=C(/C=C(\C)N(c2ccc3c(c2)C(C)(C)c2ccccc2-3)c2ccc3ccccc3c2)C(c2ccccc2)(c2ccccc2)c2ccc(-c3ccccc3)cc21. The van der Waals surface area contributed by atoms with Gasteiger partial charge in [0.2, 0.25) is 0 Å². The Morgan fingerprint density at radius 3 is 1.78 bits per heavy atom. The van der Waals surface area contributed by atoms with Crippen molar-refractivity contribution in [2.75, 3.05) is 4.90 Å². The number of fused-ring (bicyclic) bond motifs is 5. The van der Waals surface area contributed by atoms with Gasteiger partial charge in [0, 0.05) is 22.5 Å². The maximum Gasteiger partial charge on any atom is 0.0714 e. The molecule has 0 atom stereocenters. The summed E-state index contributed by atoms with van der Waals surface area (Å²) in [4.78, 5) is 2.46. The highest BCUT2D eigenvalue weighted by molar-refractivity contribution is 5.94. The molecule has 0 fully saturated rings. The van der Waals surface area contributed by atoms with Gasteiger partial charge >= 0.3 is 0 Å². The molecule has 0 aliphatic heterocycles. The van der Waals surface area contributed by atoms with Crippen molar-refractivity contribution in [3.05, 3.63) is 258 Å². The average molecular weight is 744 g/mol. The van der Waals surface area contributed by atoms with Crippen molar-refractivity contribution >= 4 is 27.7 Å². The van der Waals surface area contributed by atoms with Crippen LogP contribution in [0.15, 0.2) is 224 Å². The highest BCUT2D eigenvalue weighted by atomic mass is 15.1. The van der Waals surface area contributed by atoms with Crippen LogP contribution in [0.1, 0.15) is 54.2 Å². The number of rotatable bonds is 8. The van der Waals surface area contributed by atoms with Crippen LogP contribution in [0.4, 0.5) is 11.4 Å². The molecule has 0 saturated heterocycles. The van der Waals surface area contributed by atoms with Gasteiger partial charge in [0.1, 0.15) is 0 Å². The molecule has 278 valence electrons. The van der Waals surface area contributed by atoms with E-state index < -0.39 is 5.41 Å². The fourth-order valence-electron chi connectivity index (χ4n) is 9.94. The molecule has 2 aliphatic carbocycles. The van der Waals surface area contributed by atoms with Crippen LogP contribution in [0.25, 0.3) is 38.6 Å². The first kappa shape index (κ1) is 35.5. The maximum atomic E-state index is 4.52. The molecule has 0 bridgehead atoms. The number of benzene rings is 8. The zero-order valence-electron chi connectivity index (χ0n) is 33.3. The van der Waals surface area contributed by atoms with E-state index in [1.54, 1.807) is 0 Å². The lowest BCUT2D eigenvalue weighted by Gasteiger charge is -2.36. The van der Waals surface area contributed by atoms with Crippen LogP contribution in [0.3, 0.4) is 0 Å². The number of allylic oxidation sites excluding steroid dienone is 5. The maximum absolute atomic E-state index is 4.52. The highest BCUT2D eigenvalue weighted by Gasteiger charge is 2.47. The molecule has 0 unspecified atom stereocenters. The number of hydrogen-bond acceptors (Lipinski definition) is 1. The van der Waals surface area contributed by atoms with Crippen molar-refractivity contribution in [1.29, 1.82) is 0 Å². The minimum Gasteiger partial charge on any atom is -0.314 e. The van der Waals surface area contributed by atoms with Crippen molar-refractivity contribution < 1.29 is 0 Å². The van der Waals surface area contributed by atoms with E-state index in [-0.39, 0.29) is 5.41 Å². The summed E-state index contributed by atoms with van der Waals surface area (Å²) in [5, 5.41) is 2.44. The summed E-state index contributed by atoms with van der Waals surface area (Å²) in [6, 6.07) is 71.3. The summed E-state index contributed by atoms with van der Waals surface area (Å²) < 4.78 is 0. The zero-order valence-corrected chi connectivity index (χ0v) is 33.3. The van der Waals surface area contributed by atoms with Crippen LogP contribution in [0, 0.1) is 0 Å². The van der Waals surface area contributed by atoms with Crippen molar-refractivity contribution in [2.45, 2.75) is 31.6 Å². The first-order valence-corrected chi connectivity index (χ1v) is 20.3. The molecule has 0 heterocycles. The molecular formula is C57H45N. The molecule has 0 N–H and O–H groups in total. The van der Waals surface area contributed by atoms with Crippen LogP contribution in [-0.2, 0) is 10.8 Å². The predicted octanol–water partition coefficient (Wildman–Crippen LogP) is 14.8. The van der Waals surface area contributed by atoms with E-state index in [9.17, 15) is 0 Å². The molecule has 2 aliphatic rings. The third-order valence-corrected chi connectivity index (χ3v) is 12.7. The van der Waals surface area contributed by atoms with Gasteiger partial charge in [-0.15, -0.1) is 0 Å². The van der Waals surface area contributed by atoms with Crippen LogP contribution in [-0.4, -0.2) is 0 Å². The van der Waals surface area contributed by atoms with E-state index in [0.717, 1.165) is 22.6 Å².